The molecule has 8 bridgehead atoms. The molecule has 0 unspecified atom stereocenters. The van der Waals surface area contributed by atoms with Crippen LogP contribution in [0.3, 0.4) is 0 Å². The molecule has 372 valence electrons. The number of hydrogen-bond acceptors (Lipinski definition) is 4. The van der Waals surface area contributed by atoms with E-state index in [9.17, 15) is 52.7 Å². The molecule has 6 heterocycles. The first-order valence-electron chi connectivity index (χ1n) is 22.2. The van der Waals surface area contributed by atoms with E-state index in [1.165, 1.54) is 61.8 Å². The van der Waals surface area contributed by atoms with Gasteiger partial charge in [0.25, 0.3) is 0 Å². The van der Waals surface area contributed by atoms with Gasteiger partial charge in [0.2, 0.25) is 0 Å². The summed E-state index contributed by atoms with van der Waals surface area (Å²) in [4.78, 5) is 21.1. The number of halogens is 12. The number of allylic oxidation sites excluding steroid dienone is 1. The van der Waals surface area contributed by atoms with Crippen molar-refractivity contribution >= 4 is 51.7 Å². The van der Waals surface area contributed by atoms with Crippen molar-refractivity contribution in [3.8, 4) is 50.3 Å². The third-order valence-corrected chi connectivity index (χ3v) is 12.3. The van der Waals surface area contributed by atoms with Crippen LogP contribution in [0, 0.1) is 0 Å². The number of aliphatic imine (C=N–C) groups is 1. The molecule has 0 fully saturated rings. The maximum absolute atomic E-state index is 14.1. The first kappa shape index (κ1) is 48.9. The summed E-state index contributed by atoms with van der Waals surface area (Å²) < 4.78 is 173. The Morgan fingerprint density at radius 3 is 1.22 bits per heavy atom. The summed E-state index contributed by atoms with van der Waals surface area (Å²) in [5, 5.41) is 0. The summed E-state index contributed by atoms with van der Waals surface area (Å²) in [6, 6.07) is 28.5. The van der Waals surface area contributed by atoms with Gasteiger partial charge < -0.3 is 14.7 Å². The van der Waals surface area contributed by atoms with Gasteiger partial charge in [0.1, 0.15) is 5.75 Å². The Labute approximate surface area is 411 Å². The lowest BCUT2D eigenvalue weighted by Crippen LogP contribution is -2.04. The van der Waals surface area contributed by atoms with Gasteiger partial charge in [-0.15, -0.1) is 0 Å². The number of ether oxygens (including phenoxy) is 1. The van der Waals surface area contributed by atoms with Crippen LogP contribution < -0.4 is 4.74 Å². The molecule has 74 heavy (non-hydrogen) atoms. The SMILES string of the molecule is COc1ccnc(/C=C\C2=Nc3cc2c(-c2ccc(C(F)(F)F)cc2)c2ccc([nH]2)c(-c2ccc(C(F)(F)F)cc2)c2nc(c(-c4ccc(C(F)(F)F)cc4)c4ccc([nH]4)c3-c3ccc(C(F)(F)F)cc3)C=C2)c1. The molecule has 18 heteroatoms. The molecule has 0 amide bonds. The van der Waals surface area contributed by atoms with Crippen molar-refractivity contribution < 1.29 is 57.4 Å². The van der Waals surface area contributed by atoms with Gasteiger partial charge in [0.05, 0.1) is 57.8 Å². The van der Waals surface area contributed by atoms with Crippen molar-refractivity contribution in [1.82, 2.24) is 19.9 Å². The molecule has 0 saturated heterocycles. The van der Waals surface area contributed by atoms with E-state index >= 15 is 0 Å². The predicted molar refractivity (Wildman–Crippen MR) is 260 cm³/mol. The molecule has 2 aliphatic rings. The van der Waals surface area contributed by atoms with Crippen molar-refractivity contribution in [2.45, 2.75) is 24.7 Å². The molecule has 10 rings (SSSR count). The Balaban J connectivity index is 1.37. The number of nitrogens with one attached hydrogen (secondary N) is 2. The first-order valence-corrected chi connectivity index (χ1v) is 22.2. The predicted octanol–water partition coefficient (Wildman–Crippen LogP) is 17.1. The van der Waals surface area contributed by atoms with Crippen molar-refractivity contribution in [3.05, 3.63) is 197 Å². The number of hydrogen-bond donors (Lipinski definition) is 2. The first-order chi connectivity index (χ1) is 35.1. The normalized spacial score (nSPS) is 13.2. The lowest BCUT2D eigenvalue weighted by atomic mass is 9.96. The Hall–Kier alpha value is -8.67. The summed E-state index contributed by atoms with van der Waals surface area (Å²) in [6.45, 7) is 0. The Kier molecular flexibility index (Phi) is 12.2. The van der Waals surface area contributed by atoms with Crippen LogP contribution in [0.2, 0.25) is 0 Å². The second kappa shape index (κ2) is 18.4. The van der Waals surface area contributed by atoms with Gasteiger partial charge in [0.15, 0.2) is 0 Å². The quantitative estimate of drug-likeness (QED) is 0.156. The fraction of sp³-hybridized carbons (Fsp3) is 0.0893. The van der Waals surface area contributed by atoms with E-state index < -0.39 is 47.0 Å². The number of rotatable bonds is 7. The highest BCUT2D eigenvalue weighted by molar-refractivity contribution is 6.20. The molecule has 0 saturated carbocycles. The number of alkyl halides is 12. The van der Waals surface area contributed by atoms with E-state index in [4.69, 9.17) is 14.7 Å². The minimum Gasteiger partial charge on any atom is -0.497 e. The van der Waals surface area contributed by atoms with Crippen LogP contribution in [0.5, 0.6) is 5.75 Å². The average molecular weight is 1020 g/mol. The maximum Gasteiger partial charge on any atom is 0.416 e. The van der Waals surface area contributed by atoms with E-state index in [1.807, 2.05) is 0 Å². The van der Waals surface area contributed by atoms with Crippen LogP contribution in [-0.4, -0.2) is 32.8 Å². The van der Waals surface area contributed by atoms with Crippen LogP contribution >= 0.6 is 0 Å². The Bertz CT molecular complexity index is 3730. The van der Waals surface area contributed by atoms with Crippen molar-refractivity contribution in [2.24, 2.45) is 4.99 Å². The summed E-state index contributed by atoms with van der Waals surface area (Å²) in [7, 11) is 1.46. The van der Waals surface area contributed by atoms with Gasteiger partial charge in [-0.3, -0.25) is 4.98 Å². The Morgan fingerprint density at radius 1 is 0.432 bits per heavy atom. The highest BCUT2D eigenvalue weighted by atomic mass is 19.4. The topological polar surface area (TPSA) is 79.0 Å². The number of aromatic amines is 2. The van der Waals surface area contributed by atoms with Crippen molar-refractivity contribution in [2.75, 3.05) is 7.11 Å². The maximum atomic E-state index is 14.1. The average Bonchev–Trinajstić information content (AvgIpc) is 4.21. The minimum absolute atomic E-state index is 0.163. The zero-order valence-electron chi connectivity index (χ0n) is 38.0. The highest BCUT2D eigenvalue weighted by Gasteiger charge is 2.33. The van der Waals surface area contributed by atoms with Crippen molar-refractivity contribution in [1.29, 1.82) is 0 Å². The molecule has 6 nitrogen and oxygen atoms in total. The number of methoxy groups -OCH3 is 1. The van der Waals surface area contributed by atoms with E-state index in [0.717, 1.165) is 48.5 Å². The largest absolute Gasteiger partial charge is 0.497 e. The number of fused-ring (bicyclic) bond motifs is 8. The molecule has 4 aromatic heterocycles. The van der Waals surface area contributed by atoms with Crippen LogP contribution in [0.4, 0.5) is 58.4 Å². The number of aromatic nitrogens is 4. The third kappa shape index (κ3) is 9.69. The molecule has 0 spiro atoms. The van der Waals surface area contributed by atoms with Gasteiger partial charge in [-0.2, -0.15) is 52.7 Å². The van der Waals surface area contributed by atoms with Crippen molar-refractivity contribution in [3.63, 3.8) is 0 Å². The van der Waals surface area contributed by atoms with Gasteiger partial charge in [-0.1, -0.05) is 48.5 Å². The second-order valence-corrected chi connectivity index (χ2v) is 17.0. The molecule has 0 aliphatic carbocycles. The summed E-state index contributed by atoms with van der Waals surface area (Å²) in [5.41, 5.74) is 0.935. The lowest BCUT2D eigenvalue weighted by molar-refractivity contribution is -0.138. The van der Waals surface area contributed by atoms with E-state index in [0.29, 0.717) is 17.0 Å². The smallest absolute Gasteiger partial charge is 0.416 e. The fourth-order valence-corrected chi connectivity index (χ4v) is 8.80. The molecular weight excluding hydrogens is 987 g/mol. The fourth-order valence-electron chi connectivity index (χ4n) is 8.80. The summed E-state index contributed by atoms with van der Waals surface area (Å²) in [6.07, 6.45) is -10.9. The lowest BCUT2D eigenvalue weighted by Gasteiger charge is -2.11. The van der Waals surface area contributed by atoms with Gasteiger partial charge >= 0.3 is 24.7 Å². The highest BCUT2D eigenvalue weighted by Crippen LogP contribution is 2.44. The van der Waals surface area contributed by atoms with Crippen LogP contribution in [0.15, 0.2) is 157 Å². The number of pyridine rings is 1. The molecular formula is C56H33F12N5O. The molecule has 2 N–H and O–H groups in total. The zero-order chi connectivity index (χ0) is 52.3. The molecule has 4 aromatic carbocycles. The van der Waals surface area contributed by atoms with Gasteiger partial charge in [-0.05, 0) is 131 Å². The minimum atomic E-state index is -4.71. The number of nitrogens with zero attached hydrogens (tertiary/aromatic N) is 3. The van der Waals surface area contributed by atoms with Crippen LogP contribution in [0.1, 0.15) is 44.9 Å². The van der Waals surface area contributed by atoms with E-state index in [1.54, 1.807) is 66.8 Å². The number of H-pyrrole nitrogens is 2. The van der Waals surface area contributed by atoms with E-state index in [2.05, 4.69) is 15.0 Å². The van der Waals surface area contributed by atoms with Crippen LogP contribution in [-0.2, 0) is 24.7 Å². The summed E-state index contributed by atoms with van der Waals surface area (Å²) >= 11 is 0. The molecule has 8 aromatic rings. The van der Waals surface area contributed by atoms with Gasteiger partial charge in [0, 0.05) is 62.1 Å². The number of benzene rings is 4. The van der Waals surface area contributed by atoms with Gasteiger partial charge in [-0.25, -0.2) is 9.98 Å². The molecule has 2 aliphatic heterocycles. The monoisotopic (exact) mass is 1020 g/mol. The molecule has 0 radical (unpaired) electrons. The Morgan fingerprint density at radius 2 is 0.811 bits per heavy atom. The molecule has 0 atom stereocenters. The van der Waals surface area contributed by atoms with Crippen LogP contribution in [0.25, 0.3) is 84.8 Å². The zero-order valence-corrected chi connectivity index (χ0v) is 38.0. The summed E-state index contributed by atoms with van der Waals surface area (Å²) in [5.74, 6) is 0.462. The second-order valence-electron chi connectivity index (χ2n) is 17.0. The third-order valence-electron chi connectivity index (χ3n) is 12.3. The van der Waals surface area contributed by atoms with E-state index in [-0.39, 0.29) is 89.4 Å². The standard InChI is InChI=1S/C56H33F12N5O/c1-74-39-26-27-69-38(28-39)18-19-41-40-29-48(70-41)52(33-8-16-37(17-9-33)56(66,67)68)47-25-24-46(73-47)51(32-6-14-36(15-7-32)55(63,64)65)45-23-22-44(72-45)50(31-4-12-35(13-5-31)54(60,61)62)43-21-20-42(71-43)49(40)30-2-10-34(11-3-30)53(57,58)59/h2-29,71,73H,1H3/b19-18-,49-40?,49-42?,50-43?,50-44?,51-45?,51-46?,52-47?,52-48?.